The van der Waals surface area contributed by atoms with E-state index in [4.69, 9.17) is 155 Å². The van der Waals surface area contributed by atoms with Crippen molar-refractivity contribution in [3.05, 3.63) is 0 Å². The van der Waals surface area contributed by atoms with E-state index in [-0.39, 0.29) is 0 Å². The monoisotopic (exact) mass is 685 g/mol. The molecule has 1 aliphatic heterocycles. The fourth-order valence-corrected chi connectivity index (χ4v) is 383. The third-order valence-electron chi connectivity index (χ3n) is 2.83. The van der Waals surface area contributed by atoms with Crippen molar-refractivity contribution in [1.82, 2.24) is 0 Å². The van der Waals surface area contributed by atoms with Crippen molar-refractivity contribution < 1.29 is 0 Å². The minimum Gasteiger partial charge on any atom is -0.167 e. The quantitative estimate of drug-likeness (QED) is 0.206. The Balaban J connectivity index is 3.93. The van der Waals surface area contributed by atoms with E-state index in [0.29, 0.717) is 0 Å². The van der Waals surface area contributed by atoms with E-state index in [0.717, 1.165) is 0 Å². The molecule has 1 aliphatic rings. The largest absolute Gasteiger partial charge is 0.341 e. The lowest BCUT2D eigenvalue weighted by molar-refractivity contribution is 3.01. The molecule has 1 rings (SSSR count). The maximum absolute atomic E-state index is 6.67. The molecule has 0 saturated carbocycles. The number of rotatable bonds is 1. The van der Waals surface area contributed by atoms with Gasteiger partial charge in [-0.3, -0.25) is 0 Å². The summed E-state index contributed by atoms with van der Waals surface area (Å²) in [5.41, 5.74) is -23.2. The summed E-state index contributed by atoms with van der Waals surface area (Å²) in [6, 6.07) is 0. The highest BCUT2D eigenvalue weighted by molar-refractivity contribution is 8.55. The summed E-state index contributed by atoms with van der Waals surface area (Å²) in [6.07, 6.45) is 0. The van der Waals surface area contributed by atoms with Gasteiger partial charge in [-0.1, -0.05) is 0 Å². The first-order chi connectivity index (χ1) is 8.75. The summed E-state index contributed by atoms with van der Waals surface area (Å²) in [7, 11) is 0. The van der Waals surface area contributed by atoms with Gasteiger partial charge < -0.3 is 0 Å². The maximum Gasteiger partial charge on any atom is 0.341 e. The smallest absolute Gasteiger partial charge is 0.167 e. The Morgan fingerprint density at radius 3 is 0.762 bits per heavy atom. The average Bonchev–Trinajstić information content (AvgIpc) is 2.23. The second-order valence-electron chi connectivity index (χ2n) is 4.03. The first-order valence-corrected chi connectivity index (χ1v) is 39.6. The topological polar surface area (TPSA) is 0 Å². The molecule has 1 fully saturated rings. The van der Waals surface area contributed by atoms with Crippen LogP contribution >= 0.6 is 155 Å². The van der Waals surface area contributed by atoms with Crippen LogP contribution in [0.2, 0.25) is 0 Å². The van der Waals surface area contributed by atoms with Crippen LogP contribution in [0.1, 0.15) is 0 Å². The Morgan fingerprint density at radius 2 is 0.571 bits per heavy atom. The molecule has 0 aromatic heterocycles. The lowest BCUT2D eigenvalue weighted by atomic mass is 25.8. The van der Waals surface area contributed by atoms with Crippen LogP contribution in [0, 0.1) is 0 Å². The molecule has 21 heteroatoms. The fraction of sp³-hybridized carbons (Fsp3) is 0. The van der Waals surface area contributed by atoms with Crippen molar-refractivity contribution >= 4 is 195 Å². The molecule has 0 spiro atoms. The van der Waals surface area contributed by atoms with Crippen LogP contribution in [0.25, 0.3) is 0 Å². The second kappa shape index (κ2) is 6.83. The lowest BCUT2D eigenvalue weighted by Gasteiger charge is -2.57. The highest BCUT2D eigenvalue weighted by Crippen LogP contribution is 2.68. The summed E-state index contributed by atoms with van der Waals surface area (Å²) in [4.78, 5) is 0. The number of halogens is 14. The Labute approximate surface area is 192 Å². The fourth-order valence-electron chi connectivity index (χ4n) is 1.58. The summed E-state index contributed by atoms with van der Waals surface area (Å²) >= 11 is 89.6. The summed E-state index contributed by atoms with van der Waals surface area (Å²) in [5.74, 6) is -3.94. The van der Waals surface area contributed by atoms with E-state index in [1.54, 1.807) is 0 Å². The van der Waals surface area contributed by atoms with E-state index in [2.05, 4.69) is 0 Å². The van der Waals surface area contributed by atoms with Crippen molar-refractivity contribution in [2.24, 2.45) is 0 Å². The third kappa shape index (κ3) is 3.02. The van der Waals surface area contributed by atoms with Gasteiger partial charge in [-0.25, -0.2) is 0 Å². The zero-order chi connectivity index (χ0) is 17.5. The highest BCUT2D eigenvalue weighted by atomic mass is 35.9. The minimum atomic E-state index is -3.94. The highest BCUT2D eigenvalue weighted by Gasteiger charge is 2.99. The molecule has 0 atom stereocenters. The number of hydrogen-bond acceptors (Lipinski definition) is 0. The first-order valence-electron chi connectivity index (χ1n) is 4.40. The van der Waals surface area contributed by atoms with E-state index >= 15 is 0 Å². The van der Waals surface area contributed by atoms with Crippen LogP contribution in [0.4, 0.5) is 0 Å². The van der Waals surface area contributed by atoms with Gasteiger partial charge in [0, 0.05) is 0 Å². The second-order valence-corrected chi connectivity index (χ2v) is 109. The van der Waals surface area contributed by atoms with E-state index in [1.165, 1.54) is 0 Å². The van der Waals surface area contributed by atoms with Crippen molar-refractivity contribution in [2.75, 3.05) is 0 Å². The van der Waals surface area contributed by atoms with Gasteiger partial charge in [-0.05, 0) is 0 Å². The molecule has 0 unspecified atom stereocenters. The molecule has 1 heterocycles. The Kier molecular flexibility index (Phi) is 8.00. The van der Waals surface area contributed by atoms with Gasteiger partial charge in [0.2, 0.25) is 0 Å². The van der Waals surface area contributed by atoms with E-state index < -0.39 is 40.1 Å². The minimum absolute atomic E-state index is 3.81. The van der Waals surface area contributed by atoms with E-state index in [1.807, 2.05) is 0 Å². The van der Waals surface area contributed by atoms with Gasteiger partial charge in [0.25, 0.3) is 34.6 Å². The van der Waals surface area contributed by atoms with Crippen molar-refractivity contribution in [3.63, 3.8) is 0 Å². The molecule has 0 bridgehead atoms. The van der Waals surface area contributed by atoms with Gasteiger partial charge in [-0.2, -0.15) is 11.1 Å². The molecule has 0 aliphatic carbocycles. The SMILES string of the molecule is Cl[Si](Cl)(Cl)[Si]1(Cl)[Si](Cl)(Cl)[Si](Cl)(Cl)[Si](Cl)(Cl)[Si](Cl)(Cl)[Si]1(Cl)Cl. The zero-order valence-corrected chi connectivity index (χ0v) is 26.4. The lowest BCUT2D eigenvalue weighted by Crippen LogP contribution is -2.98. The molecule has 0 N–H and O–H groups in total. The maximum atomic E-state index is 6.67. The normalized spacial score (nSPS) is 31.7. The van der Waals surface area contributed by atoms with Crippen molar-refractivity contribution in [3.8, 4) is 0 Å². The Bertz CT molecular complexity index is 411. The van der Waals surface area contributed by atoms with Crippen molar-refractivity contribution in [2.45, 2.75) is 0 Å². The van der Waals surface area contributed by atoms with Crippen molar-refractivity contribution in [1.29, 1.82) is 0 Å². The van der Waals surface area contributed by atoms with Gasteiger partial charge in [-0.15, -0.1) is 144 Å². The standard InChI is InChI=1S/Cl14Si7/c1-15(2,3)21(14)19(10,11)17(6,7)16(4,5)18(8,9)20(21,12)13. The van der Waals surface area contributed by atoms with Crippen LogP contribution < -0.4 is 0 Å². The summed E-state index contributed by atoms with van der Waals surface area (Å²) in [5, 5.41) is 0. The molecule has 126 valence electrons. The van der Waals surface area contributed by atoms with Crippen LogP contribution in [-0.2, 0) is 0 Å². The predicted octanol–water partition coefficient (Wildman–Crippen LogP) is 6.99. The van der Waals surface area contributed by atoms with Crippen LogP contribution in [0.5, 0.6) is 0 Å². The molecule has 1 saturated heterocycles. The Morgan fingerprint density at radius 1 is 0.381 bits per heavy atom. The van der Waals surface area contributed by atoms with Gasteiger partial charge >= 0.3 is 5.52 Å². The van der Waals surface area contributed by atoms with Gasteiger partial charge in [0.05, 0.1) is 0 Å². The Hall–Kier alpha value is 5.58. The van der Waals surface area contributed by atoms with Crippen LogP contribution in [0.15, 0.2) is 0 Å². The first kappa shape index (κ1) is 24.6. The zero-order valence-electron chi connectivity index (χ0n) is 8.79. The molecule has 0 amide bonds. The molecule has 0 aromatic carbocycles. The summed E-state index contributed by atoms with van der Waals surface area (Å²) in [6.45, 7) is 0. The third-order valence-corrected chi connectivity index (χ3v) is 229. The predicted molar refractivity (Wildman–Crippen MR) is 122 cm³/mol. The summed E-state index contributed by atoms with van der Waals surface area (Å²) < 4.78 is 0. The molecular formula is Cl14Si7. The van der Waals surface area contributed by atoms with Gasteiger partial charge in [0.1, 0.15) is 0 Å². The van der Waals surface area contributed by atoms with Crippen LogP contribution in [-0.4, -0.2) is 40.1 Å². The van der Waals surface area contributed by atoms with Crippen LogP contribution in [0.3, 0.4) is 0 Å². The molecular weight excluding hydrogens is 693 g/mol. The molecule has 0 aromatic rings. The molecule has 21 heavy (non-hydrogen) atoms. The molecule has 0 nitrogen and oxygen atoms in total. The van der Waals surface area contributed by atoms with E-state index in [9.17, 15) is 0 Å². The number of hydrogen-bond donors (Lipinski definition) is 0. The molecule has 0 radical (unpaired) electrons. The van der Waals surface area contributed by atoms with Gasteiger partial charge in [0.15, 0.2) is 0 Å². The average molecular weight is 693 g/mol.